The molecule has 0 fully saturated rings. The third-order valence-corrected chi connectivity index (χ3v) is 0.735. The molecular formula is C5H8NaO3. The van der Waals surface area contributed by atoms with Crippen molar-refractivity contribution in [3.05, 3.63) is 0 Å². The second-order valence-corrected chi connectivity index (χ2v) is 1.82. The van der Waals surface area contributed by atoms with E-state index >= 15 is 0 Å². The van der Waals surface area contributed by atoms with Crippen molar-refractivity contribution in [2.45, 2.75) is 13.8 Å². The number of rotatable bonds is 2. The maximum atomic E-state index is 10.2. The molecule has 1 radical (unpaired) electrons. The van der Waals surface area contributed by atoms with Crippen LogP contribution < -0.4 is 0 Å². The Morgan fingerprint density at radius 3 is 1.67 bits per heavy atom. The van der Waals surface area contributed by atoms with Gasteiger partial charge in [-0.15, -0.1) is 0 Å². The van der Waals surface area contributed by atoms with E-state index in [0.29, 0.717) is 0 Å². The minimum Gasteiger partial charge on any atom is -0.475 e. The molecule has 0 atom stereocenters. The number of Topliss-reactive ketones (excluding diaryl/α,β-unsaturated/α-hetero) is 1. The van der Waals surface area contributed by atoms with Crippen LogP contribution in [0.3, 0.4) is 0 Å². The fraction of sp³-hybridized carbons (Fsp3) is 0.600. The largest absolute Gasteiger partial charge is 0.475 e. The standard InChI is InChI=1S/C5H8O3.Na/c1-3(2)4(6)5(7)8;/h3H,1-2H3,(H,7,8);/i1+1,2+1;. The molecule has 4 heteroatoms. The Balaban J connectivity index is 0. The summed E-state index contributed by atoms with van der Waals surface area (Å²) < 4.78 is 0. The van der Waals surface area contributed by atoms with Crippen LogP contribution in [0.4, 0.5) is 0 Å². The first-order valence-corrected chi connectivity index (χ1v) is 2.33. The van der Waals surface area contributed by atoms with Gasteiger partial charge in [0.1, 0.15) is 0 Å². The second-order valence-electron chi connectivity index (χ2n) is 1.82. The van der Waals surface area contributed by atoms with Gasteiger partial charge in [-0.05, 0) is 0 Å². The van der Waals surface area contributed by atoms with Crippen molar-refractivity contribution in [2.75, 3.05) is 0 Å². The van der Waals surface area contributed by atoms with Crippen molar-refractivity contribution in [3.8, 4) is 0 Å². The van der Waals surface area contributed by atoms with Crippen molar-refractivity contribution < 1.29 is 14.7 Å². The number of carboxylic acid groups (broad SMARTS) is 1. The maximum Gasteiger partial charge on any atom is 0.372 e. The third-order valence-electron chi connectivity index (χ3n) is 0.735. The minimum absolute atomic E-state index is 0. The van der Waals surface area contributed by atoms with Gasteiger partial charge in [-0.2, -0.15) is 0 Å². The Hall–Kier alpha value is 0.140. The Bertz CT molecular complexity index is 119. The number of aliphatic carboxylic acids is 1. The normalized spacial score (nSPS) is 8.33. The van der Waals surface area contributed by atoms with Gasteiger partial charge in [-0.1, -0.05) is 13.8 Å². The van der Waals surface area contributed by atoms with E-state index in [1.165, 1.54) is 0 Å². The zero-order chi connectivity index (χ0) is 6.73. The van der Waals surface area contributed by atoms with Crippen LogP contribution in [0.15, 0.2) is 0 Å². The molecule has 0 saturated heterocycles. The van der Waals surface area contributed by atoms with E-state index in [4.69, 9.17) is 5.11 Å². The molecule has 1 N–H and O–H groups in total. The summed E-state index contributed by atoms with van der Waals surface area (Å²) in [7, 11) is 0. The van der Waals surface area contributed by atoms with Gasteiger partial charge in [0.25, 0.3) is 0 Å². The summed E-state index contributed by atoms with van der Waals surface area (Å²) in [6.07, 6.45) is 0. The molecule has 0 aromatic heterocycles. The fourth-order valence-corrected chi connectivity index (χ4v) is 0.247. The summed E-state index contributed by atoms with van der Waals surface area (Å²) >= 11 is 0. The van der Waals surface area contributed by atoms with Gasteiger partial charge in [0.2, 0.25) is 5.78 Å². The van der Waals surface area contributed by atoms with Crippen LogP contribution in [-0.4, -0.2) is 46.4 Å². The van der Waals surface area contributed by atoms with Crippen LogP contribution in [0.25, 0.3) is 0 Å². The van der Waals surface area contributed by atoms with Crippen LogP contribution >= 0.6 is 0 Å². The number of hydrogen-bond donors (Lipinski definition) is 1. The Morgan fingerprint density at radius 2 is 1.67 bits per heavy atom. The first-order valence-electron chi connectivity index (χ1n) is 2.33. The molecule has 0 aromatic carbocycles. The van der Waals surface area contributed by atoms with E-state index in [9.17, 15) is 9.59 Å². The monoisotopic (exact) mass is 141 g/mol. The summed E-state index contributed by atoms with van der Waals surface area (Å²) in [5.74, 6) is -2.47. The van der Waals surface area contributed by atoms with Crippen molar-refractivity contribution in [1.29, 1.82) is 0 Å². The molecule has 0 saturated carbocycles. The van der Waals surface area contributed by atoms with Gasteiger partial charge in [0.15, 0.2) is 0 Å². The summed E-state index contributed by atoms with van der Waals surface area (Å²) in [5.41, 5.74) is 0. The summed E-state index contributed by atoms with van der Waals surface area (Å²) in [6.45, 7) is 3.10. The average Bonchev–Trinajstić information content (AvgIpc) is 1.64. The molecule has 0 aliphatic carbocycles. The molecule has 0 aromatic rings. The number of carbonyl (C=O) groups is 2. The predicted molar refractivity (Wildman–Crippen MR) is 33.2 cm³/mol. The number of carboxylic acids is 1. The molecule has 0 unspecified atom stereocenters. The first-order chi connectivity index (χ1) is 3.55. The SMILES string of the molecule is [13CH3]C([13CH3])C(=O)C(=O)O.[Na]. The van der Waals surface area contributed by atoms with Crippen molar-refractivity contribution in [1.82, 2.24) is 0 Å². The molecule has 0 amide bonds. The quantitative estimate of drug-likeness (QED) is 0.332. The summed E-state index contributed by atoms with van der Waals surface area (Å²) in [4.78, 5) is 20.0. The Kier molecular flexibility index (Phi) is 6.56. The van der Waals surface area contributed by atoms with Crippen molar-refractivity contribution >= 4 is 41.3 Å². The third kappa shape index (κ3) is 4.63. The molecule has 9 heavy (non-hydrogen) atoms. The van der Waals surface area contributed by atoms with E-state index in [1.807, 2.05) is 0 Å². The van der Waals surface area contributed by atoms with Crippen LogP contribution in [0.1, 0.15) is 13.8 Å². The van der Waals surface area contributed by atoms with E-state index < -0.39 is 17.7 Å². The van der Waals surface area contributed by atoms with Crippen LogP contribution in [0.2, 0.25) is 0 Å². The van der Waals surface area contributed by atoms with Crippen molar-refractivity contribution in [2.24, 2.45) is 5.92 Å². The molecule has 0 heterocycles. The smallest absolute Gasteiger partial charge is 0.372 e. The second kappa shape index (κ2) is 4.97. The Labute approximate surface area is 75.7 Å². The number of carbonyl (C=O) groups excluding carboxylic acids is 1. The van der Waals surface area contributed by atoms with Crippen LogP contribution in [-0.2, 0) is 9.59 Å². The van der Waals surface area contributed by atoms with E-state index in [2.05, 4.69) is 0 Å². The number of ketones is 1. The molecular weight excluding hydrogens is 133 g/mol. The number of hydrogen-bond acceptors (Lipinski definition) is 2. The average molecular weight is 141 g/mol. The van der Waals surface area contributed by atoms with Crippen LogP contribution in [0, 0.1) is 5.92 Å². The van der Waals surface area contributed by atoms with Gasteiger partial charge >= 0.3 is 5.97 Å². The Morgan fingerprint density at radius 1 is 1.33 bits per heavy atom. The van der Waals surface area contributed by atoms with Gasteiger partial charge in [0.05, 0.1) is 0 Å². The minimum atomic E-state index is -1.35. The molecule has 47 valence electrons. The molecule has 0 bridgehead atoms. The van der Waals surface area contributed by atoms with E-state index in [0.717, 1.165) is 0 Å². The van der Waals surface area contributed by atoms with E-state index in [-0.39, 0.29) is 29.6 Å². The van der Waals surface area contributed by atoms with Gasteiger partial charge in [0, 0.05) is 35.5 Å². The fourth-order valence-electron chi connectivity index (χ4n) is 0.247. The van der Waals surface area contributed by atoms with Crippen LogP contribution in [0.5, 0.6) is 0 Å². The summed E-state index contributed by atoms with van der Waals surface area (Å²) in [6, 6.07) is 0. The van der Waals surface area contributed by atoms with Gasteiger partial charge in [-0.25, -0.2) is 4.79 Å². The predicted octanol–water partition coefficient (Wildman–Crippen LogP) is -0.0847. The maximum absolute atomic E-state index is 10.2. The summed E-state index contributed by atoms with van der Waals surface area (Å²) in [5, 5.41) is 8.00. The van der Waals surface area contributed by atoms with E-state index in [1.54, 1.807) is 13.8 Å². The van der Waals surface area contributed by atoms with Gasteiger partial charge in [-0.3, -0.25) is 4.79 Å². The topological polar surface area (TPSA) is 54.4 Å². The first kappa shape index (κ1) is 11.9. The molecule has 3 nitrogen and oxygen atoms in total. The van der Waals surface area contributed by atoms with Gasteiger partial charge < -0.3 is 5.11 Å². The molecule has 0 rings (SSSR count). The molecule has 0 aliphatic rings. The zero-order valence-electron chi connectivity index (χ0n) is 5.84. The molecule has 0 spiro atoms. The molecule has 0 aliphatic heterocycles. The van der Waals surface area contributed by atoms with Crippen molar-refractivity contribution in [3.63, 3.8) is 0 Å². The zero-order valence-corrected chi connectivity index (χ0v) is 7.84.